The van der Waals surface area contributed by atoms with E-state index in [4.69, 9.17) is 9.47 Å². The van der Waals surface area contributed by atoms with E-state index < -0.39 is 0 Å². The van der Waals surface area contributed by atoms with Gasteiger partial charge in [0, 0.05) is 5.56 Å². The van der Waals surface area contributed by atoms with Gasteiger partial charge in [0.2, 0.25) is 0 Å². The minimum atomic E-state index is -0.136. The van der Waals surface area contributed by atoms with Crippen molar-refractivity contribution < 1.29 is 9.47 Å². The first-order valence-corrected chi connectivity index (χ1v) is 8.67. The van der Waals surface area contributed by atoms with Gasteiger partial charge in [0.1, 0.15) is 0 Å². The smallest absolute Gasteiger partial charge is 0.184 e. The first-order chi connectivity index (χ1) is 10.3. The van der Waals surface area contributed by atoms with Crippen LogP contribution in [-0.4, -0.2) is 13.2 Å². The number of ether oxygens (including phenoxy) is 2. The third-order valence-corrected chi connectivity index (χ3v) is 4.99. The average molecular weight is 288 g/mol. The van der Waals surface area contributed by atoms with E-state index in [1.807, 2.05) is 0 Å². The molecule has 0 aromatic heterocycles. The Kier molecular flexibility index (Phi) is 5.32. The highest BCUT2D eigenvalue weighted by molar-refractivity contribution is 5.24. The maximum absolute atomic E-state index is 5.55. The zero-order chi connectivity index (χ0) is 14.5. The predicted octanol–water partition coefficient (Wildman–Crippen LogP) is 4.88. The Balaban J connectivity index is 1.54. The molecule has 2 unspecified atom stereocenters. The predicted molar refractivity (Wildman–Crippen MR) is 85.1 cm³/mol. The van der Waals surface area contributed by atoms with Crippen LogP contribution in [0.2, 0.25) is 0 Å². The fourth-order valence-corrected chi connectivity index (χ4v) is 3.95. The summed E-state index contributed by atoms with van der Waals surface area (Å²) in [5, 5.41) is 0. The molecule has 1 saturated heterocycles. The summed E-state index contributed by atoms with van der Waals surface area (Å²) in [5.41, 5.74) is 2.63. The molecule has 3 rings (SSSR count). The topological polar surface area (TPSA) is 18.5 Å². The van der Waals surface area contributed by atoms with Gasteiger partial charge >= 0.3 is 0 Å². The van der Waals surface area contributed by atoms with Crippen LogP contribution in [0.15, 0.2) is 24.3 Å². The lowest BCUT2D eigenvalue weighted by Crippen LogP contribution is -2.17. The van der Waals surface area contributed by atoms with Crippen molar-refractivity contribution in [2.24, 2.45) is 11.8 Å². The summed E-state index contributed by atoms with van der Waals surface area (Å²) < 4.78 is 11.1. The summed E-state index contributed by atoms with van der Waals surface area (Å²) in [6, 6.07) is 8.89. The first kappa shape index (κ1) is 15.1. The zero-order valence-electron chi connectivity index (χ0n) is 13.2. The highest BCUT2D eigenvalue weighted by Gasteiger charge is 2.22. The number of hydrogen-bond donors (Lipinski definition) is 0. The van der Waals surface area contributed by atoms with Gasteiger partial charge in [-0.25, -0.2) is 0 Å². The van der Waals surface area contributed by atoms with Crippen molar-refractivity contribution >= 4 is 0 Å². The lowest BCUT2D eigenvalue weighted by Gasteiger charge is -2.29. The molecule has 2 heteroatoms. The molecular weight excluding hydrogens is 260 g/mol. The quantitative estimate of drug-likeness (QED) is 0.768. The van der Waals surface area contributed by atoms with Crippen molar-refractivity contribution in [2.75, 3.05) is 13.2 Å². The fraction of sp³-hybridized carbons (Fsp3) is 0.684. The van der Waals surface area contributed by atoms with Crippen LogP contribution in [0.4, 0.5) is 0 Å². The summed E-state index contributed by atoms with van der Waals surface area (Å²) in [6.07, 6.45) is 9.60. The summed E-state index contributed by atoms with van der Waals surface area (Å²) in [7, 11) is 0. The maximum Gasteiger partial charge on any atom is 0.184 e. The van der Waals surface area contributed by atoms with Gasteiger partial charge in [0.15, 0.2) is 6.29 Å². The Labute approximate surface area is 128 Å². The average Bonchev–Trinajstić information content (AvgIpc) is 3.03. The van der Waals surface area contributed by atoms with E-state index in [-0.39, 0.29) is 6.29 Å². The fourth-order valence-electron chi connectivity index (χ4n) is 3.95. The maximum atomic E-state index is 5.55. The molecule has 2 aliphatic rings. The molecule has 1 saturated carbocycles. The molecule has 0 radical (unpaired) electrons. The summed E-state index contributed by atoms with van der Waals surface area (Å²) in [4.78, 5) is 0. The van der Waals surface area contributed by atoms with Crippen molar-refractivity contribution in [2.45, 2.75) is 58.2 Å². The monoisotopic (exact) mass is 288 g/mol. The van der Waals surface area contributed by atoms with Crippen LogP contribution < -0.4 is 0 Å². The lowest BCUT2D eigenvalue weighted by atomic mass is 9.77. The van der Waals surface area contributed by atoms with Crippen molar-refractivity contribution in [3.63, 3.8) is 0 Å². The lowest BCUT2D eigenvalue weighted by molar-refractivity contribution is -0.0441. The zero-order valence-corrected chi connectivity index (χ0v) is 13.2. The van der Waals surface area contributed by atoms with Gasteiger partial charge in [-0.1, -0.05) is 63.3 Å². The standard InChI is InChI=1S/C19H28O2/c1-2-4-15-5-3-6-17(13-15)14-16-7-9-18(10-8-16)19-20-11-12-21-19/h7-10,15,17,19H,2-6,11-14H2,1H3. The Bertz CT molecular complexity index is 418. The molecular formula is C19H28O2. The molecule has 0 spiro atoms. The van der Waals surface area contributed by atoms with Crippen LogP contribution in [0.3, 0.4) is 0 Å². The summed E-state index contributed by atoms with van der Waals surface area (Å²) in [5.74, 6) is 1.87. The molecule has 1 aliphatic heterocycles. The van der Waals surface area contributed by atoms with Crippen LogP contribution in [0.5, 0.6) is 0 Å². The molecule has 116 valence electrons. The van der Waals surface area contributed by atoms with Gasteiger partial charge in [-0.15, -0.1) is 0 Å². The number of benzene rings is 1. The third-order valence-electron chi connectivity index (χ3n) is 4.99. The Morgan fingerprint density at radius 3 is 2.43 bits per heavy atom. The van der Waals surface area contributed by atoms with E-state index in [0.717, 1.165) is 17.4 Å². The Hall–Kier alpha value is -0.860. The third kappa shape index (κ3) is 4.08. The first-order valence-electron chi connectivity index (χ1n) is 8.67. The van der Waals surface area contributed by atoms with E-state index in [0.29, 0.717) is 13.2 Å². The molecule has 1 aromatic rings. The van der Waals surface area contributed by atoms with E-state index in [1.54, 1.807) is 0 Å². The second kappa shape index (κ2) is 7.42. The Morgan fingerprint density at radius 2 is 1.71 bits per heavy atom. The van der Waals surface area contributed by atoms with Crippen LogP contribution in [0.25, 0.3) is 0 Å². The molecule has 2 fully saturated rings. The van der Waals surface area contributed by atoms with E-state index >= 15 is 0 Å². The van der Waals surface area contributed by atoms with Crippen LogP contribution >= 0.6 is 0 Å². The Morgan fingerprint density at radius 1 is 1.00 bits per heavy atom. The van der Waals surface area contributed by atoms with Gasteiger partial charge < -0.3 is 9.47 Å². The van der Waals surface area contributed by atoms with Gasteiger partial charge in [0.25, 0.3) is 0 Å². The molecule has 1 heterocycles. The van der Waals surface area contributed by atoms with E-state index in [1.165, 1.54) is 50.5 Å². The SMILES string of the molecule is CCCC1CCCC(Cc2ccc(C3OCCO3)cc2)C1. The largest absolute Gasteiger partial charge is 0.346 e. The number of hydrogen-bond acceptors (Lipinski definition) is 2. The molecule has 1 aromatic carbocycles. The molecule has 21 heavy (non-hydrogen) atoms. The van der Waals surface area contributed by atoms with E-state index in [9.17, 15) is 0 Å². The molecule has 2 nitrogen and oxygen atoms in total. The summed E-state index contributed by atoms with van der Waals surface area (Å²) in [6.45, 7) is 3.75. The van der Waals surface area contributed by atoms with Gasteiger partial charge in [-0.2, -0.15) is 0 Å². The molecule has 0 bridgehead atoms. The highest BCUT2D eigenvalue weighted by atomic mass is 16.7. The molecule has 0 N–H and O–H groups in total. The molecule has 1 aliphatic carbocycles. The minimum absolute atomic E-state index is 0.136. The van der Waals surface area contributed by atoms with Crippen molar-refractivity contribution in [3.05, 3.63) is 35.4 Å². The summed E-state index contributed by atoms with van der Waals surface area (Å²) >= 11 is 0. The van der Waals surface area contributed by atoms with Crippen molar-refractivity contribution in [1.82, 2.24) is 0 Å². The van der Waals surface area contributed by atoms with Gasteiger partial charge in [-0.3, -0.25) is 0 Å². The molecule has 2 atom stereocenters. The highest BCUT2D eigenvalue weighted by Crippen LogP contribution is 2.34. The van der Waals surface area contributed by atoms with Gasteiger partial charge in [0.05, 0.1) is 13.2 Å². The van der Waals surface area contributed by atoms with E-state index in [2.05, 4.69) is 31.2 Å². The number of rotatable bonds is 5. The second-order valence-corrected chi connectivity index (χ2v) is 6.71. The minimum Gasteiger partial charge on any atom is -0.346 e. The van der Waals surface area contributed by atoms with Crippen LogP contribution in [-0.2, 0) is 15.9 Å². The molecule has 0 amide bonds. The van der Waals surface area contributed by atoms with Crippen LogP contribution in [0, 0.1) is 11.8 Å². The van der Waals surface area contributed by atoms with Crippen molar-refractivity contribution in [1.29, 1.82) is 0 Å². The van der Waals surface area contributed by atoms with Gasteiger partial charge in [-0.05, 0) is 30.2 Å². The van der Waals surface area contributed by atoms with Crippen LogP contribution in [0.1, 0.15) is 62.9 Å². The van der Waals surface area contributed by atoms with Crippen molar-refractivity contribution in [3.8, 4) is 0 Å². The normalized spacial score (nSPS) is 27.1. The second-order valence-electron chi connectivity index (χ2n) is 6.71.